The fraction of sp³-hybridized carbons (Fsp3) is 0. The van der Waals surface area contributed by atoms with E-state index >= 15 is 0 Å². The van der Waals surface area contributed by atoms with Crippen LogP contribution in [0.1, 0.15) is 0 Å². The van der Waals surface area contributed by atoms with Gasteiger partial charge in [0.1, 0.15) is 17.4 Å². The number of nitro groups is 1. The van der Waals surface area contributed by atoms with Crippen LogP contribution in [-0.4, -0.2) is 19.3 Å². The Labute approximate surface area is 89.3 Å². The Morgan fingerprint density at radius 3 is 3.06 bits per heavy atom. The molecule has 6 nitrogen and oxygen atoms in total. The summed E-state index contributed by atoms with van der Waals surface area (Å²) in [5, 5.41) is 10.6. The zero-order chi connectivity index (χ0) is 11.1. The number of nitrogens with zero attached hydrogens (tertiary/aromatic N) is 4. The van der Waals surface area contributed by atoms with Gasteiger partial charge >= 0.3 is 0 Å². The van der Waals surface area contributed by atoms with Gasteiger partial charge in [0, 0.05) is 12.3 Å². The molecule has 3 heterocycles. The maximum absolute atomic E-state index is 10.6. The first-order chi connectivity index (χ1) is 7.75. The van der Waals surface area contributed by atoms with E-state index in [0.29, 0.717) is 11.2 Å². The van der Waals surface area contributed by atoms with Crippen molar-refractivity contribution in [3.63, 3.8) is 0 Å². The monoisotopic (exact) mass is 214 g/mol. The van der Waals surface area contributed by atoms with Crippen molar-refractivity contribution in [3.05, 3.63) is 46.8 Å². The summed E-state index contributed by atoms with van der Waals surface area (Å²) < 4.78 is 1.79. The largest absolute Gasteiger partial charge is 0.289 e. The molecule has 0 aromatic carbocycles. The van der Waals surface area contributed by atoms with Crippen molar-refractivity contribution in [1.82, 2.24) is 14.4 Å². The number of pyridine rings is 2. The van der Waals surface area contributed by atoms with Crippen LogP contribution in [0, 0.1) is 10.1 Å². The minimum atomic E-state index is -0.476. The highest BCUT2D eigenvalue weighted by atomic mass is 16.6. The second kappa shape index (κ2) is 2.99. The van der Waals surface area contributed by atoms with Crippen LogP contribution in [0.3, 0.4) is 0 Å². The third kappa shape index (κ3) is 1.13. The van der Waals surface area contributed by atoms with Gasteiger partial charge in [0.15, 0.2) is 5.65 Å². The van der Waals surface area contributed by atoms with Crippen LogP contribution in [0.2, 0.25) is 0 Å². The third-order valence-corrected chi connectivity index (χ3v) is 2.35. The molecule has 0 aliphatic carbocycles. The van der Waals surface area contributed by atoms with Gasteiger partial charge in [-0.1, -0.05) is 6.07 Å². The maximum atomic E-state index is 10.6. The molecule has 78 valence electrons. The van der Waals surface area contributed by atoms with Crippen molar-refractivity contribution in [2.75, 3.05) is 0 Å². The molecule has 0 aliphatic heterocycles. The van der Waals surface area contributed by atoms with E-state index in [-0.39, 0.29) is 5.69 Å². The summed E-state index contributed by atoms with van der Waals surface area (Å²) >= 11 is 0. The normalized spacial score (nSPS) is 11.0. The van der Waals surface area contributed by atoms with Gasteiger partial charge in [0.05, 0.1) is 4.92 Å². The van der Waals surface area contributed by atoms with Gasteiger partial charge in [-0.05, 0) is 12.1 Å². The maximum Gasteiger partial charge on any atom is 0.289 e. The molecule has 0 fully saturated rings. The molecule has 0 bridgehead atoms. The quantitative estimate of drug-likeness (QED) is 0.457. The lowest BCUT2D eigenvalue weighted by atomic mass is 10.4. The minimum absolute atomic E-state index is 0.0455. The highest BCUT2D eigenvalue weighted by Crippen LogP contribution is 2.18. The molecule has 0 atom stereocenters. The van der Waals surface area contributed by atoms with Crippen LogP contribution >= 0.6 is 0 Å². The van der Waals surface area contributed by atoms with E-state index in [4.69, 9.17) is 0 Å². The molecule has 0 aliphatic rings. The zero-order valence-corrected chi connectivity index (χ0v) is 8.07. The van der Waals surface area contributed by atoms with Crippen LogP contribution in [0.25, 0.3) is 16.8 Å². The van der Waals surface area contributed by atoms with E-state index in [1.807, 2.05) is 24.4 Å². The molecule has 0 saturated heterocycles. The summed E-state index contributed by atoms with van der Waals surface area (Å²) in [5.74, 6) is 0. The Morgan fingerprint density at radius 2 is 2.25 bits per heavy atom. The Balaban J connectivity index is 2.41. The summed E-state index contributed by atoms with van der Waals surface area (Å²) in [5.41, 5.74) is 1.84. The molecule has 0 unspecified atom stereocenters. The molecule has 0 amide bonds. The van der Waals surface area contributed by atoms with E-state index in [9.17, 15) is 10.1 Å². The van der Waals surface area contributed by atoms with E-state index in [2.05, 4.69) is 9.97 Å². The second-order valence-electron chi connectivity index (χ2n) is 3.33. The van der Waals surface area contributed by atoms with Crippen molar-refractivity contribution in [2.45, 2.75) is 0 Å². The van der Waals surface area contributed by atoms with Gasteiger partial charge in [-0.2, -0.15) is 0 Å². The Kier molecular flexibility index (Phi) is 1.64. The number of fused-ring (bicyclic) bond motifs is 3. The first kappa shape index (κ1) is 8.78. The van der Waals surface area contributed by atoms with Crippen LogP contribution in [-0.2, 0) is 0 Å². The topological polar surface area (TPSA) is 73.3 Å². The first-order valence-electron chi connectivity index (χ1n) is 4.63. The van der Waals surface area contributed by atoms with Crippen molar-refractivity contribution in [3.8, 4) is 0 Å². The minimum Gasteiger partial charge on any atom is -0.284 e. The molecule has 6 heteroatoms. The molecule has 3 aromatic heterocycles. The average molecular weight is 214 g/mol. The number of rotatable bonds is 1. The van der Waals surface area contributed by atoms with Crippen LogP contribution in [0.4, 0.5) is 5.69 Å². The second-order valence-corrected chi connectivity index (χ2v) is 3.33. The highest BCUT2D eigenvalue weighted by Gasteiger charge is 2.11. The SMILES string of the molecule is O=[N+]([O-])c1cnc2c(c1)nc1ccccn12. The predicted octanol–water partition coefficient (Wildman–Crippen LogP) is 1.79. The molecule has 16 heavy (non-hydrogen) atoms. The van der Waals surface area contributed by atoms with Crippen molar-refractivity contribution < 1.29 is 4.92 Å². The van der Waals surface area contributed by atoms with Crippen LogP contribution in [0.5, 0.6) is 0 Å². The fourth-order valence-corrected chi connectivity index (χ4v) is 1.63. The van der Waals surface area contributed by atoms with E-state index in [1.54, 1.807) is 4.40 Å². The standard InChI is InChI=1S/C10H6N4O2/c15-14(16)7-5-8-10(11-6-7)13-4-2-1-3-9(13)12-8/h1-6H. The summed E-state index contributed by atoms with van der Waals surface area (Å²) in [7, 11) is 0. The molecule has 0 N–H and O–H groups in total. The van der Waals surface area contributed by atoms with Gasteiger partial charge in [-0.25, -0.2) is 9.97 Å². The Morgan fingerprint density at radius 1 is 1.38 bits per heavy atom. The van der Waals surface area contributed by atoms with E-state index in [0.717, 1.165) is 5.65 Å². The van der Waals surface area contributed by atoms with Crippen molar-refractivity contribution in [2.24, 2.45) is 0 Å². The van der Waals surface area contributed by atoms with Gasteiger partial charge in [0.25, 0.3) is 5.69 Å². The lowest BCUT2D eigenvalue weighted by molar-refractivity contribution is -0.385. The van der Waals surface area contributed by atoms with Crippen molar-refractivity contribution in [1.29, 1.82) is 0 Å². The molecular formula is C10H6N4O2. The Hall–Kier alpha value is -2.50. The zero-order valence-electron chi connectivity index (χ0n) is 8.07. The van der Waals surface area contributed by atoms with E-state index in [1.165, 1.54) is 12.3 Å². The predicted molar refractivity (Wildman–Crippen MR) is 57.1 cm³/mol. The highest BCUT2D eigenvalue weighted by molar-refractivity contribution is 5.78. The lowest BCUT2D eigenvalue weighted by Crippen LogP contribution is -1.90. The number of hydrogen-bond donors (Lipinski definition) is 0. The van der Waals surface area contributed by atoms with Gasteiger partial charge in [-0.3, -0.25) is 14.5 Å². The Bertz CT molecular complexity index is 704. The third-order valence-electron chi connectivity index (χ3n) is 2.35. The summed E-state index contributed by atoms with van der Waals surface area (Å²) in [6.45, 7) is 0. The molecule has 3 aromatic rings. The van der Waals surface area contributed by atoms with Crippen molar-refractivity contribution >= 4 is 22.5 Å². The van der Waals surface area contributed by atoms with Gasteiger partial charge < -0.3 is 0 Å². The van der Waals surface area contributed by atoms with Gasteiger partial charge in [0.2, 0.25) is 0 Å². The summed E-state index contributed by atoms with van der Waals surface area (Å²) in [4.78, 5) is 18.4. The fourth-order valence-electron chi connectivity index (χ4n) is 1.63. The lowest BCUT2D eigenvalue weighted by Gasteiger charge is -1.92. The van der Waals surface area contributed by atoms with Crippen LogP contribution < -0.4 is 0 Å². The average Bonchev–Trinajstić information content (AvgIpc) is 2.66. The molecular weight excluding hydrogens is 208 g/mol. The number of imidazole rings is 1. The van der Waals surface area contributed by atoms with Gasteiger partial charge in [-0.15, -0.1) is 0 Å². The van der Waals surface area contributed by atoms with Crippen LogP contribution in [0.15, 0.2) is 36.7 Å². The smallest absolute Gasteiger partial charge is 0.284 e. The molecule has 0 spiro atoms. The summed E-state index contributed by atoms with van der Waals surface area (Å²) in [6, 6.07) is 6.97. The first-order valence-corrected chi connectivity index (χ1v) is 4.63. The molecule has 3 rings (SSSR count). The molecule has 0 radical (unpaired) electrons. The van der Waals surface area contributed by atoms with E-state index < -0.39 is 4.92 Å². The number of hydrogen-bond acceptors (Lipinski definition) is 4. The molecule has 0 saturated carbocycles. The summed E-state index contributed by atoms with van der Waals surface area (Å²) in [6.07, 6.45) is 3.06. The number of aromatic nitrogens is 3.